The van der Waals surface area contributed by atoms with Crippen molar-refractivity contribution in [1.82, 2.24) is 20.1 Å². The number of anilines is 1. The van der Waals surface area contributed by atoms with E-state index in [1.165, 1.54) is 7.11 Å². The molecule has 3 atom stereocenters. The summed E-state index contributed by atoms with van der Waals surface area (Å²) in [7, 11) is 1.54. The van der Waals surface area contributed by atoms with E-state index < -0.39 is 18.0 Å². The first-order valence-electron chi connectivity index (χ1n) is 11.9. The van der Waals surface area contributed by atoms with Gasteiger partial charge in [-0.05, 0) is 42.7 Å². The zero-order valence-electron chi connectivity index (χ0n) is 19.6. The number of ether oxygens (including phenoxy) is 1. The molecule has 10 nitrogen and oxygen atoms in total. The van der Waals surface area contributed by atoms with Crippen LogP contribution in [0.25, 0.3) is 0 Å². The highest BCUT2D eigenvalue weighted by Crippen LogP contribution is 2.34. The van der Waals surface area contributed by atoms with Gasteiger partial charge in [0.2, 0.25) is 5.91 Å². The van der Waals surface area contributed by atoms with Gasteiger partial charge in [-0.25, -0.2) is 9.69 Å². The van der Waals surface area contributed by atoms with Crippen LogP contribution in [0.15, 0.2) is 47.3 Å². The number of urea groups is 1. The lowest BCUT2D eigenvalue weighted by molar-refractivity contribution is -0.125. The van der Waals surface area contributed by atoms with Crippen LogP contribution in [-0.2, 0) is 16.1 Å². The van der Waals surface area contributed by atoms with Crippen molar-refractivity contribution in [3.63, 3.8) is 0 Å². The van der Waals surface area contributed by atoms with Gasteiger partial charge >= 0.3 is 6.03 Å². The van der Waals surface area contributed by atoms with Gasteiger partial charge in [-0.3, -0.25) is 14.4 Å². The topological polar surface area (TPSA) is 113 Å². The van der Waals surface area contributed by atoms with Gasteiger partial charge in [-0.15, -0.1) is 0 Å². The minimum atomic E-state index is -0.895. The van der Waals surface area contributed by atoms with Gasteiger partial charge in [0.05, 0.1) is 19.2 Å². The van der Waals surface area contributed by atoms with Crippen LogP contribution in [0, 0.1) is 5.92 Å². The summed E-state index contributed by atoms with van der Waals surface area (Å²) in [5, 5.41) is 5.48. The number of benzene rings is 1. The normalized spacial score (nSPS) is 23.6. The van der Waals surface area contributed by atoms with E-state index in [4.69, 9.17) is 4.74 Å². The van der Waals surface area contributed by atoms with Crippen LogP contribution >= 0.6 is 0 Å². The van der Waals surface area contributed by atoms with E-state index in [1.807, 2.05) is 16.7 Å². The molecule has 2 aromatic rings. The molecular formula is C25H29N5O5. The average Bonchev–Trinajstić information content (AvgIpc) is 3.12. The molecule has 2 fully saturated rings. The Bertz CT molecular complexity index is 1190. The molecule has 1 aromatic carbocycles. The fraction of sp³-hybridized carbons (Fsp3) is 0.440. The summed E-state index contributed by atoms with van der Waals surface area (Å²) in [4.78, 5) is 53.2. The number of piperidine rings is 1. The van der Waals surface area contributed by atoms with Crippen molar-refractivity contribution in [2.75, 3.05) is 38.2 Å². The summed E-state index contributed by atoms with van der Waals surface area (Å²) in [6.45, 7) is 3.63. The maximum atomic E-state index is 12.8. The Hall–Kier alpha value is -3.66. The lowest BCUT2D eigenvalue weighted by atomic mass is 9.83. The third-order valence-electron chi connectivity index (χ3n) is 7.04. The molecule has 1 unspecified atom stereocenters. The van der Waals surface area contributed by atoms with Gasteiger partial charge < -0.3 is 24.8 Å². The van der Waals surface area contributed by atoms with Crippen LogP contribution in [0.2, 0.25) is 0 Å². The van der Waals surface area contributed by atoms with Gasteiger partial charge in [-0.1, -0.05) is 6.07 Å². The molecule has 0 aliphatic carbocycles. The molecular weight excluding hydrogens is 450 g/mol. The highest BCUT2D eigenvalue weighted by molar-refractivity contribution is 6.22. The first-order chi connectivity index (χ1) is 16.9. The van der Waals surface area contributed by atoms with Gasteiger partial charge in [0.25, 0.3) is 11.5 Å². The average molecular weight is 480 g/mol. The number of carbonyl (C=O) groups is 3. The smallest absolute Gasteiger partial charge is 0.329 e. The first-order valence-corrected chi connectivity index (χ1v) is 11.9. The molecule has 0 radical (unpaired) electrons. The van der Waals surface area contributed by atoms with E-state index in [-0.39, 0.29) is 17.9 Å². The summed E-state index contributed by atoms with van der Waals surface area (Å²) in [6, 6.07) is 10.6. The predicted molar refractivity (Wildman–Crippen MR) is 128 cm³/mol. The van der Waals surface area contributed by atoms with Gasteiger partial charge in [0, 0.05) is 50.4 Å². The van der Waals surface area contributed by atoms with Crippen LogP contribution in [0.3, 0.4) is 0 Å². The lowest BCUT2D eigenvalue weighted by Crippen LogP contribution is -2.49. The number of methoxy groups -OCH3 is 1. The number of amides is 4. The van der Waals surface area contributed by atoms with Crippen LogP contribution < -0.4 is 25.8 Å². The number of hydrogen-bond donors (Lipinski definition) is 2. The summed E-state index contributed by atoms with van der Waals surface area (Å²) in [6.07, 6.45) is 0.971. The van der Waals surface area contributed by atoms with Gasteiger partial charge in [0.15, 0.2) is 0 Å². The monoisotopic (exact) mass is 479 g/mol. The molecule has 0 spiro atoms. The molecule has 3 aliphatic rings. The molecule has 4 heterocycles. The fourth-order valence-electron chi connectivity index (χ4n) is 5.43. The summed E-state index contributed by atoms with van der Waals surface area (Å²) < 4.78 is 7.01. The third kappa shape index (κ3) is 4.66. The number of aromatic nitrogens is 1. The number of carbonyl (C=O) groups excluding carboxylic acids is 3. The van der Waals surface area contributed by atoms with Crippen molar-refractivity contribution < 1.29 is 19.1 Å². The number of nitrogens with one attached hydrogen (secondary N) is 2. The standard InChI is InChI=1S/C25H29N5O5/c1-35-19-7-5-18(6-8-19)30-24(33)20(27-25(30)34)12-22(31)26-9-10-28-13-16-11-17(15-28)21-3-2-4-23(32)29(21)14-16/h2-8,16-17,20H,9-15H2,1H3,(H,26,31)(H,27,34)/t16-,17+,20?/m1/s1. The second-order valence-electron chi connectivity index (χ2n) is 9.39. The van der Waals surface area contributed by atoms with E-state index in [2.05, 4.69) is 15.5 Å². The van der Waals surface area contributed by atoms with Crippen LogP contribution in [-0.4, -0.2) is 66.6 Å². The van der Waals surface area contributed by atoms with Crippen LogP contribution in [0.5, 0.6) is 5.75 Å². The molecule has 3 aliphatic heterocycles. The molecule has 2 bridgehead atoms. The largest absolute Gasteiger partial charge is 0.497 e. The predicted octanol–water partition coefficient (Wildman–Crippen LogP) is 0.907. The number of nitrogens with zero attached hydrogens (tertiary/aromatic N) is 3. The molecule has 35 heavy (non-hydrogen) atoms. The van der Waals surface area contributed by atoms with Crippen LogP contribution in [0.1, 0.15) is 24.5 Å². The molecule has 4 amide bonds. The molecule has 10 heteroatoms. The van der Waals surface area contributed by atoms with Crippen molar-refractivity contribution in [3.05, 3.63) is 58.5 Å². The minimum Gasteiger partial charge on any atom is -0.497 e. The van der Waals surface area contributed by atoms with Gasteiger partial charge in [0.1, 0.15) is 11.8 Å². The number of pyridine rings is 1. The Morgan fingerprint density at radius 3 is 2.66 bits per heavy atom. The summed E-state index contributed by atoms with van der Waals surface area (Å²) >= 11 is 0. The Balaban J connectivity index is 1.11. The van der Waals surface area contributed by atoms with E-state index in [0.29, 0.717) is 36.4 Å². The summed E-state index contributed by atoms with van der Waals surface area (Å²) in [5.41, 5.74) is 1.59. The van der Waals surface area contributed by atoms with Gasteiger partial charge in [-0.2, -0.15) is 0 Å². The zero-order chi connectivity index (χ0) is 24.5. The van der Waals surface area contributed by atoms with Crippen molar-refractivity contribution in [2.45, 2.75) is 31.3 Å². The number of fused-ring (bicyclic) bond motifs is 4. The molecule has 2 saturated heterocycles. The molecule has 5 rings (SSSR count). The van der Waals surface area contributed by atoms with E-state index in [0.717, 1.165) is 36.6 Å². The number of imide groups is 1. The molecule has 2 N–H and O–H groups in total. The third-order valence-corrected chi connectivity index (χ3v) is 7.04. The summed E-state index contributed by atoms with van der Waals surface area (Å²) in [5.74, 6) is 0.629. The fourth-order valence-corrected chi connectivity index (χ4v) is 5.43. The Labute approximate surface area is 202 Å². The number of hydrogen-bond acceptors (Lipinski definition) is 6. The quantitative estimate of drug-likeness (QED) is 0.571. The maximum Gasteiger partial charge on any atom is 0.329 e. The Kier molecular flexibility index (Phi) is 6.29. The van der Waals surface area contributed by atoms with E-state index >= 15 is 0 Å². The van der Waals surface area contributed by atoms with Crippen molar-refractivity contribution in [1.29, 1.82) is 0 Å². The number of rotatable bonds is 7. The molecule has 0 saturated carbocycles. The maximum absolute atomic E-state index is 12.8. The Morgan fingerprint density at radius 2 is 1.89 bits per heavy atom. The van der Waals surface area contributed by atoms with Crippen molar-refractivity contribution in [3.8, 4) is 5.75 Å². The highest BCUT2D eigenvalue weighted by Gasteiger charge is 2.40. The Morgan fingerprint density at radius 1 is 1.09 bits per heavy atom. The van der Waals surface area contributed by atoms with Crippen LogP contribution in [0.4, 0.5) is 10.5 Å². The highest BCUT2D eigenvalue weighted by atomic mass is 16.5. The van der Waals surface area contributed by atoms with E-state index in [1.54, 1.807) is 30.3 Å². The second kappa shape index (κ2) is 9.53. The second-order valence-corrected chi connectivity index (χ2v) is 9.39. The minimum absolute atomic E-state index is 0.0667. The molecule has 184 valence electrons. The number of likely N-dealkylation sites (tertiary alicyclic amines) is 1. The van der Waals surface area contributed by atoms with E-state index in [9.17, 15) is 19.2 Å². The first kappa shape index (κ1) is 23.1. The zero-order valence-corrected chi connectivity index (χ0v) is 19.6. The lowest BCUT2D eigenvalue weighted by Gasteiger charge is -2.42. The van der Waals surface area contributed by atoms with Crippen molar-refractivity contribution in [2.24, 2.45) is 5.92 Å². The molecule has 1 aromatic heterocycles. The SMILES string of the molecule is COc1ccc(N2C(=O)NC(CC(=O)NCCN3C[C@H]4C[C@@H](C3)c3cccc(=O)n3C4)C2=O)cc1. The van der Waals surface area contributed by atoms with Crippen molar-refractivity contribution >= 4 is 23.5 Å².